The van der Waals surface area contributed by atoms with Gasteiger partial charge in [-0.15, -0.1) is 0 Å². The van der Waals surface area contributed by atoms with E-state index >= 15 is 0 Å². The third kappa shape index (κ3) is 1.21. The molecule has 2 heteroatoms. The van der Waals surface area contributed by atoms with E-state index in [1.807, 2.05) is 6.20 Å². The van der Waals surface area contributed by atoms with E-state index in [1.165, 1.54) is 35.7 Å². The Morgan fingerprint density at radius 2 is 2.13 bits per heavy atom. The molecule has 0 amide bonds. The van der Waals surface area contributed by atoms with Gasteiger partial charge in [-0.1, -0.05) is 18.6 Å². The number of H-pyrrole nitrogens is 1. The van der Waals surface area contributed by atoms with Gasteiger partial charge in [-0.25, -0.2) is 0 Å². The average Bonchev–Trinajstić information content (AvgIpc) is 2.64. The van der Waals surface area contributed by atoms with Gasteiger partial charge in [0, 0.05) is 23.7 Å². The Morgan fingerprint density at radius 3 is 2.80 bits per heavy atom. The van der Waals surface area contributed by atoms with Crippen LogP contribution in [0.3, 0.4) is 0 Å². The third-order valence-corrected chi connectivity index (χ3v) is 3.87. The zero-order valence-corrected chi connectivity index (χ0v) is 8.79. The predicted octanol–water partition coefficient (Wildman–Crippen LogP) is 2.55. The number of aromatic amines is 1. The lowest BCUT2D eigenvalue weighted by atomic mass is 9.64. The fraction of sp³-hybridized carbons (Fsp3) is 0.385. The van der Waals surface area contributed by atoms with Crippen LogP contribution in [0.5, 0.6) is 0 Å². The summed E-state index contributed by atoms with van der Waals surface area (Å²) in [4.78, 5) is 3.26. The molecule has 1 aromatic heterocycles. The van der Waals surface area contributed by atoms with Gasteiger partial charge < -0.3 is 10.7 Å². The van der Waals surface area contributed by atoms with Gasteiger partial charge in [0.2, 0.25) is 0 Å². The Kier molecular flexibility index (Phi) is 1.86. The van der Waals surface area contributed by atoms with E-state index in [4.69, 9.17) is 5.73 Å². The highest BCUT2D eigenvalue weighted by Gasteiger charge is 2.37. The smallest absolute Gasteiger partial charge is 0.0456 e. The van der Waals surface area contributed by atoms with Crippen LogP contribution in [0.25, 0.3) is 10.9 Å². The van der Waals surface area contributed by atoms with Crippen LogP contribution in [0.2, 0.25) is 0 Å². The lowest BCUT2D eigenvalue weighted by molar-refractivity contribution is 0.253. The van der Waals surface area contributed by atoms with Crippen LogP contribution < -0.4 is 5.73 Å². The van der Waals surface area contributed by atoms with Crippen molar-refractivity contribution in [1.82, 2.24) is 4.98 Å². The van der Waals surface area contributed by atoms with Crippen LogP contribution in [0.15, 0.2) is 30.5 Å². The Balaban J connectivity index is 2.10. The van der Waals surface area contributed by atoms with Crippen molar-refractivity contribution in [2.24, 2.45) is 5.73 Å². The lowest BCUT2D eigenvalue weighted by Crippen LogP contribution is -2.41. The molecule has 1 aliphatic carbocycles. The summed E-state index contributed by atoms with van der Waals surface area (Å²) in [6.45, 7) is 0.777. The standard InChI is InChI=1S/C13H16N2/c14-9-13(5-1-6-13)11-3-2-10-4-7-15-12(10)8-11/h2-4,7-8,15H,1,5-6,9,14H2. The molecular weight excluding hydrogens is 184 g/mol. The minimum atomic E-state index is 0.277. The van der Waals surface area contributed by atoms with Crippen molar-refractivity contribution in [3.05, 3.63) is 36.0 Å². The molecule has 0 spiro atoms. The first-order valence-corrected chi connectivity index (χ1v) is 5.62. The van der Waals surface area contributed by atoms with E-state index in [1.54, 1.807) is 0 Å². The molecule has 1 aliphatic rings. The van der Waals surface area contributed by atoms with Crippen LogP contribution in [-0.2, 0) is 5.41 Å². The number of rotatable bonds is 2. The summed E-state index contributed by atoms with van der Waals surface area (Å²) in [5.74, 6) is 0. The summed E-state index contributed by atoms with van der Waals surface area (Å²) in [6.07, 6.45) is 5.80. The molecule has 0 saturated heterocycles. The van der Waals surface area contributed by atoms with Crippen molar-refractivity contribution in [3.8, 4) is 0 Å². The molecule has 78 valence electrons. The van der Waals surface area contributed by atoms with Crippen molar-refractivity contribution < 1.29 is 0 Å². The molecule has 0 bridgehead atoms. The number of fused-ring (bicyclic) bond motifs is 1. The number of nitrogens with two attached hydrogens (primary N) is 1. The van der Waals surface area contributed by atoms with Crippen LogP contribution in [0.4, 0.5) is 0 Å². The maximum atomic E-state index is 5.91. The quantitative estimate of drug-likeness (QED) is 0.768. The SMILES string of the molecule is NCC1(c2ccc3cc[nH]c3c2)CCC1. The minimum Gasteiger partial charge on any atom is -0.361 e. The monoisotopic (exact) mass is 200 g/mol. The molecule has 1 aromatic carbocycles. The molecule has 1 heterocycles. The van der Waals surface area contributed by atoms with Crippen molar-refractivity contribution >= 4 is 10.9 Å². The van der Waals surface area contributed by atoms with E-state index in [0.717, 1.165) is 6.54 Å². The van der Waals surface area contributed by atoms with Gasteiger partial charge >= 0.3 is 0 Å². The van der Waals surface area contributed by atoms with Gasteiger partial charge in [0.15, 0.2) is 0 Å². The van der Waals surface area contributed by atoms with Crippen molar-refractivity contribution in [2.45, 2.75) is 24.7 Å². The molecule has 0 aliphatic heterocycles. The normalized spacial score (nSPS) is 19.0. The molecule has 0 unspecified atom stereocenters. The maximum Gasteiger partial charge on any atom is 0.0456 e. The number of nitrogens with one attached hydrogen (secondary N) is 1. The van der Waals surface area contributed by atoms with E-state index in [9.17, 15) is 0 Å². The van der Waals surface area contributed by atoms with E-state index in [0.29, 0.717) is 0 Å². The van der Waals surface area contributed by atoms with Crippen LogP contribution >= 0.6 is 0 Å². The molecule has 0 radical (unpaired) electrons. The first-order valence-electron chi connectivity index (χ1n) is 5.62. The van der Waals surface area contributed by atoms with Crippen LogP contribution in [0.1, 0.15) is 24.8 Å². The summed E-state index contributed by atoms with van der Waals surface area (Å²) in [5, 5.41) is 1.28. The second kappa shape index (κ2) is 3.11. The highest BCUT2D eigenvalue weighted by molar-refractivity contribution is 5.80. The number of hydrogen-bond acceptors (Lipinski definition) is 1. The van der Waals surface area contributed by atoms with Crippen molar-refractivity contribution in [2.75, 3.05) is 6.54 Å². The van der Waals surface area contributed by atoms with Crippen LogP contribution in [-0.4, -0.2) is 11.5 Å². The van der Waals surface area contributed by atoms with Gasteiger partial charge in [-0.05, 0) is 35.9 Å². The maximum absolute atomic E-state index is 5.91. The molecule has 3 rings (SSSR count). The summed E-state index contributed by atoms with van der Waals surface area (Å²) >= 11 is 0. The van der Waals surface area contributed by atoms with E-state index in [-0.39, 0.29) is 5.41 Å². The molecular formula is C13H16N2. The van der Waals surface area contributed by atoms with Gasteiger partial charge in [-0.3, -0.25) is 0 Å². The van der Waals surface area contributed by atoms with Gasteiger partial charge in [0.25, 0.3) is 0 Å². The Morgan fingerprint density at radius 1 is 1.27 bits per heavy atom. The van der Waals surface area contributed by atoms with Gasteiger partial charge in [-0.2, -0.15) is 0 Å². The molecule has 2 nitrogen and oxygen atoms in total. The Bertz CT molecular complexity index is 474. The van der Waals surface area contributed by atoms with Gasteiger partial charge in [0.05, 0.1) is 0 Å². The van der Waals surface area contributed by atoms with E-state index < -0.39 is 0 Å². The Labute approximate surface area is 89.5 Å². The lowest BCUT2D eigenvalue weighted by Gasteiger charge is -2.41. The topological polar surface area (TPSA) is 41.8 Å². The predicted molar refractivity (Wildman–Crippen MR) is 62.9 cm³/mol. The highest BCUT2D eigenvalue weighted by atomic mass is 14.7. The molecule has 2 aromatic rings. The van der Waals surface area contributed by atoms with E-state index in [2.05, 4.69) is 29.2 Å². The first kappa shape index (κ1) is 8.98. The summed E-state index contributed by atoms with van der Waals surface area (Å²) in [5.41, 5.74) is 8.82. The zero-order chi connectivity index (χ0) is 10.3. The number of benzene rings is 1. The summed E-state index contributed by atoms with van der Waals surface area (Å²) < 4.78 is 0. The third-order valence-electron chi connectivity index (χ3n) is 3.87. The van der Waals surface area contributed by atoms with Crippen molar-refractivity contribution in [1.29, 1.82) is 0 Å². The highest BCUT2D eigenvalue weighted by Crippen LogP contribution is 2.43. The molecule has 3 N–H and O–H groups in total. The Hall–Kier alpha value is -1.28. The second-order valence-corrected chi connectivity index (χ2v) is 4.62. The largest absolute Gasteiger partial charge is 0.361 e. The molecule has 1 fully saturated rings. The van der Waals surface area contributed by atoms with Crippen LogP contribution in [0, 0.1) is 0 Å². The molecule has 0 atom stereocenters. The number of aromatic nitrogens is 1. The first-order chi connectivity index (χ1) is 7.34. The number of hydrogen-bond donors (Lipinski definition) is 2. The fourth-order valence-corrected chi connectivity index (χ4v) is 2.59. The summed E-state index contributed by atoms with van der Waals surface area (Å²) in [7, 11) is 0. The zero-order valence-electron chi connectivity index (χ0n) is 8.79. The van der Waals surface area contributed by atoms with Crippen molar-refractivity contribution in [3.63, 3.8) is 0 Å². The molecule has 15 heavy (non-hydrogen) atoms. The fourth-order valence-electron chi connectivity index (χ4n) is 2.59. The average molecular weight is 200 g/mol. The second-order valence-electron chi connectivity index (χ2n) is 4.62. The minimum absolute atomic E-state index is 0.277. The van der Waals surface area contributed by atoms with Gasteiger partial charge in [0.1, 0.15) is 0 Å². The molecule has 1 saturated carbocycles. The summed E-state index contributed by atoms with van der Waals surface area (Å²) in [6, 6.07) is 8.80.